The van der Waals surface area contributed by atoms with Gasteiger partial charge in [-0.15, -0.1) is 0 Å². The zero-order chi connectivity index (χ0) is 14.9. The third-order valence-corrected chi connectivity index (χ3v) is 3.14. The molecule has 104 valence electrons. The fourth-order valence-corrected chi connectivity index (χ4v) is 1.98. The van der Waals surface area contributed by atoms with Crippen LogP contribution in [0.2, 0.25) is 15.1 Å². The zero-order valence-electron chi connectivity index (χ0n) is 9.64. The Hall–Kier alpha value is -1.76. The number of nitro benzene ring substituents is 1. The molecule has 2 rings (SSSR count). The predicted molar refractivity (Wildman–Crippen MR) is 76.8 cm³/mol. The highest BCUT2D eigenvalue weighted by molar-refractivity contribution is 6.36. The Morgan fingerprint density at radius 2 is 1.90 bits per heavy atom. The number of nitrogens with zero attached hydrogens (tertiary/aromatic N) is 2. The van der Waals surface area contributed by atoms with Gasteiger partial charge in [0.15, 0.2) is 0 Å². The summed E-state index contributed by atoms with van der Waals surface area (Å²) in [6.45, 7) is 0. The summed E-state index contributed by atoms with van der Waals surface area (Å²) >= 11 is 17.5. The minimum absolute atomic E-state index is 0.0132. The first-order valence-corrected chi connectivity index (χ1v) is 6.26. The summed E-state index contributed by atoms with van der Waals surface area (Å²) in [5.41, 5.74) is 5.21. The van der Waals surface area contributed by atoms with E-state index >= 15 is 0 Å². The van der Waals surface area contributed by atoms with E-state index in [-0.39, 0.29) is 38.2 Å². The first-order chi connectivity index (χ1) is 9.40. The third kappa shape index (κ3) is 2.87. The van der Waals surface area contributed by atoms with Crippen molar-refractivity contribution in [1.29, 1.82) is 0 Å². The molecule has 1 aromatic carbocycles. The van der Waals surface area contributed by atoms with Gasteiger partial charge in [0.2, 0.25) is 11.6 Å². The van der Waals surface area contributed by atoms with Crippen LogP contribution in [0.3, 0.4) is 0 Å². The molecule has 1 heterocycles. The summed E-state index contributed by atoms with van der Waals surface area (Å²) < 4.78 is 5.31. The van der Waals surface area contributed by atoms with Crippen molar-refractivity contribution in [3.05, 3.63) is 49.4 Å². The predicted octanol–water partition coefficient (Wildman–Crippen LogP) is 4.32. The minimum atomic E-state index is -0.631. The smallest absolute Gasteiger partial charge is 0.313 e. The Labute approximate surface area is 128 Å². The second-order valence-electron chi connectivity index (χ2n) is 3.59. The number of nitrogen functional groups attached to an aromatic ring is 1. The van der Waals surface area contributed by atoms with Gasteiger partial charge in [-0.2, -0.15) is 4.98 Å². The van der Waals surface area contributed by atoms with E-state index in [1.54, 1.807) is 0 Å². The normalized spacial score (nSPS) is 10.3. The molecule has 0 unspecified atom stereocenters. The van der Waals surface area contributed by atoms with Crippen molar-refractivity contribution in [2.24, 2.45) is 0 Å². The molecule has 6 nitrogen and oxygen atoms in total. The molecule has 0 spiro atoms. The highest BCUT2D eigenvalue weighted by Crippen LogP contribution is 2.40. The summed E-state index contributed by atoms with van der Waals surface area (Å²) in [6, 6.07) is 5.44. The number of para-hydroxylation sites is 1. The van der Waals surface area contributed by atoms with E-state index in [1.807, 2.05) is 0 Å². The lowest BCUT2D eigenvalue weighted by Crippen LogP contribution is -1.98. The van der Waals surface area contributed by atoms with E-state index < -0.39 is 4.92 Å². The van der Waals surface area contributed by atoms with E-state index in [2.05, 4.69) is 4.98 Å². The molecule has 0 saturated heterocycles. The number of ether oxygens (including phenoxy) is 1. The number of anilines is 1. The molecule has 20 heavy (non-hydrogen) atoms. The lowest BCUT2D eigenvalue weighted by Gasteiger charge is -2.09. The van der Waals surface area contributed by atoms with Crippen LogP contribution >= 0.6 is 34.8 Å². The Balaban J connectivity index is 2.50. The maximum atomic E-state index is 10.9. The van der Waals surface area contributed by atoms with Crippen LogP contribution in [0.25, 0.3) is 0 Å². The van der Waals surface area contributed by atoms with Gasteiger partial charge >= 0.3 is 5.69 Å². The summed E-state index contributed by atoms with van der Waals surface area (Å²) in [5.74, 6) is -0.305. The Kier molecular flexibility index (Phi) is 4.17. The second-order valence-corrected chi connectivity index (χ2v) is 4.81. The Morgan fingerprint density at radius 1 is 1.20 bits per heavy atom. The first kappa shape index (κ1) is 14.6. The van der Waals surface area contributed by atoms with Crippen molar-refractivity contribution in [1.82, 2.24) is 4.98 Å². The van der Waals surface area contributed by atoms with Gasteiger partial charge < -0.3 is 10.5 Å². The van der Waals surface area contributed by atoms with Crippen LogP contribution in [0, 0.1) is 10.1 Å². The van der Waals surface area contributed by atoms with Crippen LogP contribution in [-0.2, 0) is 0 Å². The van der Waals surface area contributed by atoms with Gasteiger partial charge in [-0.3, -0.25) is 10.1 Å². The van der Waals surface area contributed by atoms with Gasteiger partial charge in [-0.05, 0) is 12.1 Å². The number of nitrogens with two attached hydrogens (primary N) is 1. The topological polar surface area (TPSA) is 91.3 Å². The molecular formula is C11H6Cl3N3O3. The van der Waals surface area contributed by atoms with E-state index in [9.17, 15) is 10.1 Å². The number of rotatable bonds is 3. The number of hydrogen-bond donors (Lipinski definition) is 1. The second kappa shape index (κ2) is 5.70. The van der Waals surface area contributed by atoms with Crippen molar-refractivity contribution in [2.75, 3.05) is 5.73 Å². The Bertz CT molecular complexity index is 694. The number of nitro groups is 1. The van der Waals surface area contributed by atoms with Crippen molar-refractivity contribution in [3.8, 4) is 11.6 Å². The molecule has 0 bridgehead atoms. The summed E-state index contributed by atoms with van der Waals surface area (Å²) in [7, 11) is 0. The molecule has 0 radical (unpaired) electrons. The number of hydrogen-bond acceptors (Lipinski definition) is 5. The molecule has 0 aliphatic heterocycles. The maximum absolute atomic E-state index is 10.9. The SMILES string of the molecule is Nc1nc(Oc2c(Cl)cccc2[N+](=O)[O-])c(Cl)cc1Cl. The van der Waals surface area contributed by atoms with E-state index in [4.69, 9.17) is 45.3 Å². The lowest BCUT2D eigenvalue weighted by molar-refractivity contribution is -0.385. The molecule has 2 N–H and O–H groups in total. The Morgan fingerprint density at radius 3 is 2.55 bits per heavy atom. The number of aromatic nitrogens is 1. The van der Waals surface area contributed by atoms with Gasteiger partial charge in [0.25, 0.3) is 0 Å². The number of benzene rings is 1. The quantitative estimate of drug-likeness (QED) is 0.666. The van der Waals surface area contributed by atoms with Crippen LogP contribution in [0.15, 0.2) is 24.3 Å². The van der Waals surface area contributed by atoms with Crippen molar-refractivity contribution >= 4 is 46.3 Å². The van der Waals surface area contributed by atoms with Crippen molar-refractivity contribution in [3.63, 3.8) is 0 Å². The van der Waals surface area contributed by atoms with Gasteiger partial charge in [-0.1, -0.05) is 40.9 Å². The molecule has 0 fully saturated rings. The number of halogens is 3. The fraction of sp³-hybridized carbons (Fsp3) is 0. The summed E-state index contributed by atoms with van der Waals surface area (Å²) in [6.07, 6.45) is 0. The molecule has 2 aromatic rings. The first-order valence-electron chi connectivity index (χ1n) is 5.12. The lowest BCUT2D eigenvalue weighted by atomic mass is 10.3. The van der Waals surface area contributed by atoms with E-state index in [0.717, 1.165) is 0 Å². The molecule has 1 aromatic heterocycles. The van der Waals surface area contributed by atoms with Gasteiger partial charge in [0.1, 0.15) is 10.8 Å². The molecule has 0 amide bonds. The molecule has 0 saturated carbocycles. The molecule has 0 aliphatic rings. The number of pyridine rings is 1. The van der Waals surface area contributed by atoms with E-state index in [1.165, 1.54) is 24.3 Å². The molecule has 0 atom stereocenters. The van der Waals surface area contributed by atoms with Crippen LogP contribution in [0.5, 0.6) is 11.6 Å². The summed E-state index contributed by atoms with van der Waals surface area (Å²) in [4.78, 5) is 14.1. The fourth-order valence-electron chi connectivity index (χ4n) is 1.37. The molecular weight excluding hydrogens is 328 g/mol. The molecule has 0 aliphatic carbocycles. The largest absolute Gasteiger partial charge is 0.429 e. The van der Waals surface area contributed by atoms with Crippen LogP contribution in [0.1, 0.15) is 0 Å². The highest BCUT2D eigenvalue weighted by atomic mass is 35.5. The minimum Gasteiger partial charge on any atom is -0.429 e. The van der Waals surface area contributed by atoms with Gasteiger partial charge in [0, 0.05) is 6.07 Å². The van der Waals surface area contributed by atoms with Crippen molar-refractivity contribution < 1.29 is 9.66 Å². The van der Waals surface area contributed by atoms with E-state index in [0.29, 0.717) is 0 Å². The van der Waals surface area contributed by atoms with Crippen LogP contribution in [-0.4, -0.2) is 9.91 Å². The third-order valence-electron chi connectivity index (χ3n) is 2.27. The standard InChI is InChI=1S/C11H6Cl3N3O3/c12-5-2-1-3-8(17(18)19)9(5)20-11-7(14)4-6(13)10(15)16-11/h1-4H,(H2,15,16). The summed E-state index contributed by atoms with van der Waals surface area (Å²) in [5, 5.41) is 11.2. The van der Waals surface area contributed by atoms with Crippen LogP contribution < -0.4 is 10.5 Å². The van der Waals surface area contributed by atoms with Crippen molar-refractivity contribution in [2.45, 2.75) is 0 Å². The van der Waals surface area contributed by atoms with Crippen LogP contribution in [0.4, 0.5) is 11.5 Å². The average Bonchev–Trinajstić information content (AvgIpc) is 2.37. The van der Waals surface area contributed by atoms with Gasteiger partial charge in [-0.25, -0.2) is 0 Å². The zero-order valence-corrected chi connectivity index (χ0v) is 11.9. The maximum Gasteiger partial charge on any atom is 0.313 e. The van der Waals surface area contributed by atoms with Gasteiger partial charge in [0.05, 0.1) is 15.0 Å². The molecule has 9 heteroatoms. The monoisotopic (exact) mass is 333 g/mol. The highest BCUT2D eigenvalue weighted by Gasteiger charge is 2.21. The average molecular weight is 335 g/mol.